The van der Waals surface area contributed by atoms with Crippen molar-refractivity contribution < 1.29 is 19.2 Å². The number of hydrogen-bond acceptors (Lipinski definition) is 5. The number of nitrogens with one attached hydrogen (secondary N) is 2. The van der Waals surface area contributed by atoms with E-state index in [2.05, 4.69) is 36.7 Å². The van der Waals surface area contributed by atoms with Crippen molar-refractivity contribution in [2.24, 2.45) is 0 Å². The normalized spacial score (nSPS) is 10.3. The Bertz CT molecular complexity index is 689. The van der Waals surface area contributed by atoms with Crippen molar-refractivity contribution in [1.29, 1.82) is 0 Å². The van der Waals surface area contributed by atoms with Crippen molar-refractivity contribution in [3.8, 4) is 11.5 Å². The van der Waals surface area contributed by atoms with Gasteiger partial charge in [-0.2, -0.15) is 4.98 Å². The van der Waals surface area contributed by atoms with Crippen LogP contribution < -0.4 is 10.6 Å². The van der Waals surface area contributed by atoms with E-state index >= 15 is 0 Å². The molecule has 0 spiro atoms. The SMILES string of the molecule is O=C(O)CCCNC(=O)NCc1noc(-c2cccc(Br)c2)n1. The van der Waals surface area contributed by atoms with E-state index in [9.17, 15) is 9.59 Å². The van der Waals surface area contributed by atoms with Crippen molar-refractivity contribution >= 4 is 27.9 Å². The van der Waals surface area contributed by atoms with Crippen molar-refractivity contribution in [1.82, 2.24) is 20.8 Å². The molecular formula is C14H15BrN4O4. The number of halogens is 1. The van der Waals surface area contributed by atoms with E-state index in [1.165, 1.54) is 0 Å². The van der Waals surface area contributed by atoms with Gasteiger partial charge in [0.1, 0.15) is 0 Å². The smallest absolute Gasteiger partial charge is 0.315 e. The first-order valence-corrected chi connectivity index (χ1v) is 7.66. The summed E-state index contributed by atoms with van der Waals surface area (Å²) in [5.41, 5.74) is 0.774. The van der Waals surface area contributed by atoms with Gasteiger partial charge in [0, 0.05) is 23.0 Å². The molecule has 0 bridgehead atoms. The molecule has 1 aromatic heterocycles. The zero-order chi connectivity index (χ0) is 16.7. The van der Waals surface area contributed by atoms with Gasteiger partial charge in [-0.3, -0.25) is 4.79 Å². The monoisotopic (exact) mass is 382 g/mol. The molecule has 0 radical (unpaired) electrons. The standard InChI is InChI=1S/C14H15BrN4O4/c15-10-4-1-3-9(7-10)13-18-11(19-23-13)8-17-14(22)16-6-2-5-12(20)21/h1,3-4,7H,2,5-6,8H2,(H,20,21)(H2,16,17,22). The summed E-state index contributed by atoms with van der Waals surface area (Å²) in [6.07, 6.45) is 0.388. The van der Waals surface area contributed by atoms with Crippen molar-refractivity contribution in [2.75, 3.05) is 6.54 Å². The predicted octanol–water partition coefficient (Wildman–Crippen LogP) is 2.16. The lowest BCUT2D eigenvalue weighted by atomic mass is 10.2. The molecule has 8 nitrogen and oxygen atoms in total. The molecular weight excluding hydrogens is 368 g/mol. The molecule has 2 aromatic rings. The maximum Gasteiger partial charge on any atom is 0.315 e. The number of carbonyl (C=O) groups excluding carboxylic acids is 1. The van der Waals surface area contributed by atoms with Crippen molar-refractivity contribution in [2.45, 2.75) is 19.4 Å². The van der Waals surface area contributed by atoms with Crippen LogP contribution in [0.15, 0.2) is 33.3 Å². The van der Waals surface area contributed by atoms with Gasteiger partial charge < -0.3 is 20.3 Å². The van der Waals surface area contributed by atoms with Gasteiger partial charge in [0.2, 0.25) is 0 Å². The second kappa shape index (κ2) is 8.28. The minimum Gasteiger partial charge on any atom is -0.481 e. The van der Waals surface area contributed by atoms with E-state index in [1.54, 1.807) is 0 Å². The lowest BCUT2D eigenvalue weighted by Crippen LogP contribution is -2.35. The first-order valence-electron chi connectivity index (χ1n) is 6.86. The highest BCUT2D eigenvalue weighted by Gasteiger charge is 2.10. The van der Waals surface area contributed by atoms with E-state index in [0.29, 0.717) is 18.1 Å². The predicted molar refractivity (Wildman–Crippen MR) is 84.5 cm³/mol. The van der Waals surface area contributed by atoms with Crippen molar-refractivity contribution in [3.05, 3.63) is 34.6 Å². The molecule has 0 aliphatic carbocycles. The molecule has 0 fully saturated rings. The summed E-state index contributed by atoms with van der Waals surface area (Å²) in [5.74, 6) is -0.176. The van der Waals surface area contributed by atoms with Crippen LogP contribution >= 0.6 is 15.9 Å². The number of rotatable bonds is 7. The zero-order valence-corrected chi connectivity index (χ0v) is 13.7. The van der Waals surface area contributed by atoms with E-state index in [4.69, 9.17) is 9.63 Å². The lowest BCUT2D eigenvalue weighted by Gasteiger charge is -2.04. The molecule has 1 aromatic carbocycles. The number of carbonyl (C=O) groups is 2. The molecule has 1 heterocycles. The molecule has 0 aliphatic rings. The molecule has 0 atom stereocenters. The fourth-order valence-electron chi connectivity index (χ4n) is 1.73. The van der Waals surface area contributed by atoms with Gasteiger partial charge in [0.25, 0.3) is 5.89 Å². The van der Waals surface area contributed by atoms with E-state index in [0.717, 1.165) is 10.0 Å². The van der Waals surface area contributed by atoms with Crippen LogP contribution in [0.25, 0.3) is 11.5 Å². The topological polar surface area (TPSA) is 117 Å². The van der Waals surface area contributed by atoms with Crippen LogP contribution in [-0.2, 0) is 11.3 Å². The zero-order valence-electron chi connectivity index (χ0n) is 12.1. The number of amides is 2. The van der Waals surface area contributed by atoms with Gasteiger partial charge in [-0.1, -0.05) is 27.2 Å². The molecule has 0 aliphatic heterocycles. The third kappa shape index (κ3) is 5.70. The maximum atomic E-state index is 11.5. The fraction of sp³-hybridized carbons (Fsp3) is 0.286. The van der Waals surface area contributed by atoms with Gasteiger partial charge in [0.15, 0.2) is 5.82 Å². The summed E-state index contributed by atoms with van der Waals surface area (Å²) in [5, 5.41) is 17.4. The summed E-state index contributed by atoms with van der Waals surface area (Å²) < 4.78 is 6.04. The molecule has 3 N–H and O–H groups in total. The average Bonchev–Trinajstić information content (AvgIpc) is 2.98. The third-order valence-electron chi connectivity index (χ3n) is 2.80. The minimum atomic E-state index is -0.890. The van der Waals surface area contributed by atoms with E-state index < -0.39 is 12.0 Å². The summed E-state index contributed by atoms with van der Waals surface area (Å²) in [4.78, 5) is 26.1. The molecule has 2 amide bonds. The summed E-state index contributed by atoms with van der Waals surface area (Å²) >= 11 is 3.36. The molecule has 0 saturated carbocycles. The van der Waals surface area contributed by atoms with Crippen LogP contribution in [0.3, 0.4) is 0 Å². The first kappa shape index (κ1) is 16.9. The van der Waals surface area contributed by atoms with Gasteiger partial charge in [0.05, 0.1) is 6.54 Å². The molecule has 2 rings (SSSR count). The largest absolute Gasteiger partial charge is 0.481 e. The van der Waals surface area contributed by atoms with Gasteiger partial charge in [-0.25, -0.2) is 4.79 Å². The van der Waals surface area contributed by atoms with Crippen LogP contribution in [0, 0.1) is 0 Å². The molecule has 9 heteroatoms. The lowest BCUT2D eigenvalue weighted by molar-refractivity contribution is -0.137. The van der Waals surface area contributed by atoms with E-state index in [-0.39, 0.29) is 19.5 Å². The van der Waals surface area contributed by atoms with Crippen LogP contribution in [0.1, 0.15) is 18.7 Å². The van der Waals surface area contributed by atoms with Crippen LogP contribution in [-0.4, -0.2) is 33.8 Å². The Labute approximate surface area is 140 Å². The Hall–Kier alpha value is -2.42. The van der Waals surface area contributed by atoms with Crippen molar-refractivity contribution in [3.63, 3.8) is 0 Å². The van der Waals surface area contributed by atoms with Gasteiger partial charge in [-0.05, 0) is 24.6 Å². The summed E-state index contributed by atoms with van der Waals surface area (Å²) in [7, 11) is 0. The summed E-state index contributed by atoms with van der Waals surface area (Å²) in [6, 6.07) is 7.01. The van der Waals surface area contributed by atoms with E-state index in [1.807, 2.05) is 24.3 Å². The number of hydrogen-bond donors (Lipinski definition) is 3. The third-order valence-corrected chi connectivity index (χ3v) is 3.29. The second-order valence-electron chi connectivity index (χ2n) is 4.63. The number of nitrogens with zero attached hydrogens (tertiary/aromatic N) is 2. The number of aromatic nitrogens is 2. The number of benzene rings is 1. The second-order valence-corrected chi connectivity index (χ2v) is 5.55. The average molecular weight is 383 g/mol. The Morgan fingerprint density at radius 1 is 1.30 bits per heavy atom. The Kier molecular flexibility index (Phi) is 6.10. The maximum absolute atomic E-state index is 11.5. The Balaban J connectivity index is 1.78. The van der Waals surface area contributed by atoms with Crippen LogP contribution in [0.4, 0.5) is 4.79 Å². The highest BCUT2D eigenvalue weighted by molar-refractivity contribution is 9.10. The summed E-state index contributed by atoms with van der Waals surface area (Å²) in [6.45, 7) is 0.399. The number of carboxylic acids is 1. The van der Waals surface area contributed by atoms with Gasteiger partial charge in [-0.15, -0.1) is 0 Å². The highest BCUT2D eigenvalue weighted by Crippen LogP contribution is 2.21. The van der Waals surface area contributed by atoms with Crippen LogP contribution in [0.5, 0.6) is 0 Å². The number of carboxylic acid groups (broad SMARTS) is 1. The molecule has 122 valence electrons. The first-order chi connectivity index (χ1) is 11.0. The Morgan fingerprint density at radius 3 is 2.87 bits per heavy atom. The van der Waals surface area contributed by atoms with Crippen LogP contribution in [0.2, 0.25) is 0 Å². The molecule has 0 saturated heterocycles. The highest BCUT2D eigenvalue weighted by atomic mass is 79.9. The molecule has 0 unspecified atom stereocenters. The minimum absolute atomic E-state index is 0.0150. The molecule has 23 heavy (non-hydrogen) atoms. The number of aliphatic carboxylic acids is 1. The number of urea groups is 1. The van der Waals surface area contributed by atoms with Gasteiger partial charge >= 0.3 is 12.0 Å². The Morgan fingerprint density at radius 2 is 2.13 bits per heavy atom. The quantitative estimate of drug-likeness (QED) is 0.631. The fourth-order valence-corrected chi connectivity index (χ4v) is 2.13.